The zero-order chi connectivity index (χ0) is 18.7. The first-order valence-corrected chi connectivity index (χ1v) is 9.76. The molecule has 0 radical (unpaired) electrons. The molecule has 0 unspecified atom stereocenters. The molecule has 1 amide bonds. The molecular formula is C20H23FN2O2S. The van der Waals surface area contributed by atoms with E-state index in [1.807, 2.05) is 24.1 Å². The van der Waals surface area contributed by atoms with Crippen molar-refractivity contribution in [2.75, 3.05) is 6.54 Å². The number of halogens is 1. The molecule has 0 saturated heterocycles. The topological polar surface area (TPSA) is 52.9 Å². The fraction of sp³-hybridized carbons (Fsp3) is 0.400. The highest BCUT2D eigenvalue weighted by Gasteiger charge is 2.27. The second-order valence-electron chi connectivity index (χ2n) is 6.83. The maximum absolute atomic E-state index is 13.2. The van der Waals surface area contributed by atoms with E-state index in [-0.39, 0.29) is 17.8 Å². The zero-order valence-corrected chi connectivity index (χ0v) is 15.9. The van der Waals surface area contributed by atoms with Crippen LogP contribution in [-0.2, 0) is 12.8 Å². The lowest BCUT2D eigenvalue weighted by atomic mass is 9.94. The van der Waals surface area contributed by atoms with E-state index in [0.717, 1.165) is 40.8 Å². The molecule has 138 valence electrons. The first-order chi connectivity index (χ1) is 12.5. The van der Waals surface area contributed by atoms with Gasteiger partial charge in [-0.05, 0) is 62.8 Å². The number of oxime groups is 1. The van der Waals surface area contributed by atoms with Crippen molar-refractivity contribution in [2.24, 2.45) is 5.16 Å². The molecule has 1 aromatic carbocycles. The summed E-state index contributed by atoms with van der Waals surface area (Å²) in [4.78, 5) is 16.0. The maximum atomic E-state index is 13.2. The van der Waals surface area contributed by atoms with E-state index in [2.05, 4.69) is 5.16 Å². The van der Waals surface area contributed by atoms with E-state index >= 15 is 0 Å². The fourth-order valence-corrected chi connectivity index (χ4v) is 4.46. The standard InChI is InChI=1S/C20H23FN2O2S/c1-13(2)23(11-10-14-6-8-15(21)9-7-14)20(24)17-12-26-19-16(17)4-3-5-18(19)22-25/h6-9,12-13,25H,3-5,10-11H2,1-2H3/b22-18-. The predicted octanol–water partition coefficient (Wildman–Crippen LogP) is 4.50. The van der Waals surface area contributed by atoms with Gasteiger partial charge in [-0.15, -0.1) is 11.3 Å². The normalized spacial score (nSPS) is 15.3. The van der Waals surface area contributed by atoms with E-state index in [1.54, 1.807) is 12.1 Å². The molecule has 1 N–H and O–H groups in total. The van der Waals surface area contributed by atoms with Crippen LogP contribution in [0.15, 0.2) is 34.8 Å². The molecular weight excluding hydrogens is 351 g/mol. The van der Waals surface area contributed by atoms with Gasteiger partial charge in [0.25, 0.3) is 5.91 Å². The van der Waals surface area contributed by atoms with E-state index in [4.69, 9.17) is 0 Å². The summed E-state index contributed by atoms with van der Waals surface area (Å²) in [6.45, 7) is 4.58. The lowest BCUT2D eigenvalue weighted by molar-refractivity contribution is 0.0707. The van der Waals surface area contributed by atoms with E-state index in [0.29, 0.717) is 18.7 Å². The minimum absolute atomic E-state index is 0.0128. The molecule has 3 rings (SSSR count). The second kappa shape index (κ2) is 7.99. The van der Waals surface area contributed by atoms with Crippen molar-refractivity contribution in [3.63, 3.8) is 0 Å². The molecule has 0 fully saturated rings. The highest BCUT2D eigenvalue weighted by molar-refractivity contribution is 7.12. The highest BCUT2D eigenvalue weighted by atomic mass is 32.1. The highest BCUT2D eigenvalue weighted by Crippen LogP contribution is 2.31. The Balaban J connectivity index is 1.79. The Morgan fingerprint density at radius 1 is 1.31 bits per heavy atom. The molecule has 2 aromatic rings. The number of benzene rings is 1. The summed E-state index contributed by atoms with van der Waals surface area (Å²) in [6.07, 6.45) is 3.15. The van der Waals surface area contributed by atoms with E-state index in [9.17, 15) is 14.4 Å². The number of carbonyl (C=O) groups excluding carboxylic acids is 1. The molecule has 26 heavy (non-hydrogen) atoms. The Morgan fingerprint density at radius 2 is 2.04 bits per heavy atom. The number of hydrogen-bond acceptors (Lipinski definition) is 4. The Kier molecular flexibility index (Phi) is 5.71. The van der Waals surface area contributed by atoms with Gasteiger partial charge in [-0.25, -0.2) is 4.39 Å². The molecule has 4 nitrogen and oxygen atoms in total. The van der Waals surface area contributed by atoms with Crippen molar-refractivity contribution in [3.05, 3.63) is 57.0 Å². The smallest absolute Gasteiger partial charge is 0.255 e. The van der Waals surface area contributed by atoms with Gasteiger partial charge < -0.3 is 10.1 Å². The molecule has 0 spiro atoms. The molecule has 1 aliphatic carbocycles. The molecule has 0 aliphatic heterocycles. The molecule has 6 heteroatoms. The summed E-state index contributed by atoms with van der Waals surface area (Å²) in [5.41, 5.74) is 3.41. The number of amides is 1. The quantitative estimate of drug-likeness (QED) is 0.619. The minimum Gasteiger partial charge on any atom is -0.411 e. The van der Waals surface area contributed by atoms with E-state index in [1.165, 1.54) is 23.5 Å². The van der Waals surface area contributed by atoms with Crippen LogP contribution in [0, 0.1) is 5.82 Å². The van der Waals surface area contributed by atoms with Crippen molar-refractivity contribution < 1.29 is 14.4 Å². The van der Waals surface area contributed by atoms with Crippen molar-refractivity contribution in [1.29, 1.82) is 0 Å². The first kappa shape index (κ1) is 18.6. The fourth-order valence-electron chi connectivity index (χ4n) is 3.34. The Morgan fingerprint density at radius 3 is 2.69 bits per heavy atom. The molecule has 1 aliphatic rings. The number of carbonyl (C=O) groups is 1. The number of thiophene rings is 1. The van der Waals surface area contributed by atoms with Gasteiger partial charge in [-0.1, -0.05) is 17.3 Å². The van der Waals surface area contributed by atoms with Crippen molar-refractivity contribution in [1.82, 2.24) is 4.90 Å². The lowest BCUT2D eigenvalue weighted by Crippen LogP contribution is -2.38. The van der Waals surface area contributed by atoms with Crippen molar-refractivity contribution >= 4 is 23.0 Å². The van der Waals surface area contributed by atoms with Crippen LogP contribution in [0.2, 0.25) is 0 Å². The zero-order valence-electron chi connectivity index (χ0n) is 15.0. The second-order valence-corrected chi connectivity index (χ2v) is 7.71. The van der Waals surface area contributed by atoms with Crippen LogP contribution in [-0.4, -0.2) is 34.3 Å². The molecule has 1 heterocycles. The van der Waals surface area contributed by atoms with Gasteiger partial charge >= 0.3 is 0 Å². The Hall–Kier alpha value is -2.21. The lowest BCUT2D eigenvalue weighted by Gasteiger charge is -2.27. The molecule has 1 aromatic heterocycles. The van der Waals surface area contributed by atoms with Crippen LogP contribution < -0.4 is 0 Å². The first-order valence-electron chi connectivity index (χ1n) is 8.88. The van der Waals surface area contributed by atoms with Crippen molar-refractivity contribution in [3.8, 4) is 0 Å². The van der Waals surface area contributed by atoms with Gasteiger partial charge in [0.15, 0.2) is 0 Å². The molecule has 0 saturated carbocycles. The average Bonchev–Trinajstić information content (AvgIpc) is 3.07. The van der Waals surface area contributed by atoms with Crippen LogP contribution in [0.4, 0.5) is 4.39 Å². The van der Waals surface area contributed by atoms with Crippen LogP contribution in [0.1, 0.15) is 53.1 Å². The summed E-state index contributed by atoms with van der Waals surface area (Å²) in [6, 6.07) is 6.47. The Labute approximate surface area is 157 Å². The van der Waals surface area contributed by atoms with Crippen LogP contribution in [0.25, 0.3) is 0 Å². The van der Waals surface area contributed by atoms with Gasteiger partial charge in [0.2, 0.25) is 0 Å². The predicted molar refractivity (Wildman–Crippen MR) is 102 cm³/mol. The monoisotopic (exact) mass is 374 g/mol. The third kappa shape index (κ3) is 3.80. The molecule has 0 bridgehead atoms. The summed E-state index contributed by atoms with van der Waals surface area (Å²) in [7, 11) is 0. The SMILES string of the molecule is CC(C)N(CCc1ccc(F)cc1)C(=O)c1csc2c1CCC/C2=N/O. The van der Waals surface area contributed by atoms with Crippen LogP contribution >= 0.6 is 11.3 Å². The summed E-state index contributed by atoms with van der Waals surface area (Å²) in [5, 5.41) is 14.5. The van der Waals surface area contributed by atoms with Crippen LogP contribution in [0.5, 0.6) is 0 Å². The number of fused-ring (bicyclic) bond motifs is 1. The van der Waals surface area contributed by atoms with Gasteiger partial charge in [-0.2, -0.15) is 0 Å². The van der Waals surface area contributed by atoms with Gasteiger partial charge in [0.1, 0.15) is 5.82 Å². The van der Waals surface area contributed by atoms with Gasteiger partial charge in [0.05, 0.1) is 16.2 Å². The number of nitrogens with zero attached hydrogens (tertiary/aromatic N) is 2. The van der Waals surface area contributed by atoms with E-state index < -0.39 is 0 Å². The summed E-state index contributed by atoms with van der Waals surface area (Å²) < 4.78 is 13.1. The van der Waals surface area contributed by atoms with Crippen molar-refractivity contribution in [2.45, 2.75) is 45.6 Å². The molecule has 0 atom stereocenters. The maximum Gasteiger partial charge on any atom is 0.255 e. The average molecular weight is 374 g/mol. The minimum atomic E-state index is -0.253. The number of hydrogen-bond donors (Lipinski definition) is 1. The van der Waals surface area contributed by atoms with Crippen LogP contribution in [0.3, 0.4) is 0 Å². The third-order valence-electron chi connectivity index (χ3n) is 4.79. The van der Waals surface area contributed by atoms with Gasteiger partial charge in [-0.3, -0.25) is 4.79 Å². The van der Waals surface area contributed by atoms with Gasteiger partial charge in [0, 0.05) is 18.0 Å². The summed E-state index contributed by atoms with van der Waals surface area (Å²) in [5.74, 6) is -0.240. The summed E-state index contributed by atoms with van der Waals surface area (Å²) >= 11 is 1.48. The third-order valence-corrected chi connectivity index (χ3v) is 5.86. The Bertz CT molecular complexity index is 812. The largest absolute Gasteiger partial charge is 0.411 e. The number of rotatable bonds is 5.